The Morgan fingerprint density at radius 2 is 2.10 bits per heavy atom. The van der Waals surface area contributed by atoms with Gasteiger partial charge in [0.2, 0.25) is 0 Å². The summed E-state index contributed by atoms with van der Waals surface area (Å²) in [7, 11) is 1.61. The van der Waals surface area contributed by atoms with Crippen LogP contribution in [0.15, 0.2) is 18.2 Å². The number of nitrogens with one attached hydrogen (secondary N) is 1. The molecule has 0 bridgehead atoms. The first-order valence-corrected chi connectivity index (χ1v) is 7.42. The van der Waals surface area contributed by atoms with Gasteiger partial charge in [0.25, 0.3) is 0 Å². The average molecular weight is 289 g/mol. The van der Waals surface area contributed by atoms with Crippen molar-refractivity contribution in [3.05, 3.63) is 23.8 Å². The van der Waals surface area contributed by atoms with E-state index in [4.69, 9.17) is 20.5 Å². The fraction of sp³-hybridized carbons (Fsp3) is 0.562. The molecule has 21 heavy (non-hydrogen) atoms. The Kier molecular flexibility index (Phi) is 5.85. The van der Waals surface area contributed by atoms with Crippen molar-refractivity contribution in [3.63, 3.8) is 0 Å². The number of nitrogens with zero attached hydrogens (tertiary/aromatic N) is 1. The lowest BCUT2D eigenvalue weighted by atomic mass is 9.94. The summed E-state index contributed by atoms with van der Waals surface area (Å²) in [5.74, 6) is 0.735. The minimum atomic E-state index is 0.326. The van der Waals surface area contributed by atoms with Crippen molar-refractivity contribution in [2.75, 3.05) is 25.6 Å². The fourth-order valence-electron chi connectivity index (χ4n) is 2.56. The molecule has 0 spiro atoms. The first kappa shape index (κ1) is 15.6. The zero-order chi connectivity index (χ0) is 15.1. The molecule has 0 radical (unpaired) electrons. The number of nitrogens with two attached hydrogens (primary N) is 1. The van der Waals surface area contributed by atoms with E-state index in [0.717, 1.165) is 37.1 Å². The van der Waals surface area contributed by atoms with Gasteiger partial charge in [0.05, 0.1) is 31.1 Å². The molecule has 0 atom stereocenters. The van der Waals surface area contributed by atoms with Crippen LogP contribution in [0.1, 0.15) is 31.2 Å². The summed E-state index contributed by atoms with van der Waals surface area (Å²) in [5.41, 5.74) is 7.27. The number of benzene rings is 1. The zero-order valence-electron chi connectivity index (χ0n) is 12.5. The smallest absolute Gasteiger partial charge is 0.121 e. The van der Waals surface area contributed by atoms with E-state index in [0.29, 0.717) is 30.9 Å². The summed E-state index contributed by atoms with van der Waals surface area (Å²) < 4.78 is 11.0. The fourth-order valence-corrected chi connectivity index (χ4v) is 2.56. The Bertz CT molecular complexity index is 491. The summed E-state index contributed by atoms with van der Waals surface area (Å²) in [6.45, 7) is 1.30. The Morgan fingerprint density at radius 1 is 1.33 bits per heavy atom. The van der Waals surface area contributed by atoms with Crippen LogP contribution in [0.2, 0.25) is 0 Å². The van der Waals surface area contributed by atoms with E-state index in [1.165, 1.54) is 0 Å². The number of hydrogen-bond acceptors (Lipinski definition) is 5. The second-order valence-electron chi connectivity index (χ2n) is 5.36. The Morgan fingerprint density at radius 3 is 2.76 bits per heavy atom. The van der Waals surface area contributed by atoms with E-state index >= 15 is 0 Å². The van der Waals surface area contributed by atoms with Crippen molar-refractivity contribution in [3.8, 4) is 11.8 Å². The minimum Gasteiger partial charge on any atom is -0.497 e. The molecule has 1 fully saturated rings. The number of rotatable bonds is 6. The molecule has 5 heteroatoms. The second kappa shape index (κ2) is 7.87. The summed E-state index contributed by atoms with van der Waals surface area (Å²) >= 11 is 0. The molecular weight excluding hydrogens is 266 g/mol. The zero-order valence-corrected chi connectivity index (χ0v) is 12.5. The highest BCUT2D eigenvalue weighted by Gasteiger charge is 2.18. The normalized spacial score (nSPS) is 21.6. The van der Waals surface area contributed by atoms with Gasteiger partial charge < -0.3 is 20.5 Å². The van der Waals surface area contributed by atoms with Crippen LogP contribution < -0.4 is 15.8 Å². The molecule has 3 N–H and O–H groups in total. The van der Waals surface area contributed by atoms with Gasteiger partial charge in [-0.05, 0) is 37.8 Å². The maximum atomic E-state index is 9.09. The molecule has 1 saturated carbocycles. The number of methoxy groups -OCH3 is 1. The lowest BCUT2D eigenvalue weighted by Gasteiger charge is -2.26. The lowest BCUT2D eigenvalue weighted by molar-refractivity contribution is 0.0313. The van der Waals surface area contributed by atoms with Gasteiger partial charge in [-0.3, -0.25) is 0 Å². The average Bonchev–Trinajstić information content (AvgIpc) is 2.53. The molecule has 2 rings (SSSR count). The highest BCUT2D eigenvalue weighted by atomic mass is 16.5. The molecule has 0 unspecified atom stereocenters. The van der Waals surface area contributed by atoms with Gasteiger partial charge in [0.1, 0.15) is 11.8 Å². The van der Waals surface area contributed by atoms with Crippen molar-refractivity contribution in [1.29, 1.82) is 5.26 Å². The molecule has 1 aliphatic rings. The van der Waals surface area contributed by atoms with E-state index < -0.39 is 0 Å². The SMILES string of the molecule is COc1ccc(C#N)c(NCCOC2CCC(N)CC2)c1. The van der Waals surface area contributed by atoms with E-state index in [-0.39, 0.29) is 0 Å². The third kappa shape index (κ3) is 4.62. The third-order valence-corrected chi connectivity index (χ3v) is 3.84. The lowest BCUT2D eigenvalue weighted by Crippen LogP contribution is -2.31. The molecular formula is C16H23N3O2. The molecule has 5 nitrogen and oxygen atoms in total. The van der Waals surface area contributed by atoms with Crippen LogP contribution in [-0.2, 0) is 4.74 Å². The number of nitriles is 1. The third-order valence-electron chi connectivity index (χ3n) is 3.84. The molecule has 0 heterocycles. The maximum Gasteiger partial charge on any atom is 0.121 e. The molecule has 0 amide bonds. The standard InChI is InChI=1S/C16H23N3O2/c1-20-15-5-2-12(11-17)16(10-15)19-8-9-21-14-6-3-13(18)4-7-14/h2,5,10,13-14,19H,3-4,6-9,18H2,1H3. The number of hydrogen-bond donors (Lipinski definition) is 2. The van der Waals surface area contributed by atoms with Gasteiger partial charge in [0, 0.05) is 18.7 Å². The van der Waals surface area contributed by atoms with Crippen molar-refractivity contribution in [2.24, 2.45) is 5.73 Å². The van der Waals surface area contributed by atoms with Gasteiger partial charge in [-0.1, -0.05) is 0 Å². The van der Waals surface area contributed by atoms with Crippen molar-refractivity contribution >= 4 is 5.69 Å². The summed E-state index contributed by atoms with van der Waals surface area (Å²) in [6.07, 6.45) is 4.51. The molecule has 1 aliphatic carbocycles. The highest BCUT2D eigenvalue weighted by Crippen LogP contribution is 2.22. The van der Waals surface area contributed by atoms with Crippen molar-refractivity contribution in [1.82, 2.24) is 0 Å². The van der Waals surface area contributed by atoms with E-state index in [2.05, 4.69) is 11.4 Å². The van der Waals surface area contributed by atoms with Crippen LogP contribution in [0.4, 0.5) is 5.69 Å². The molecule has 1 aromatic carbocycles. The van der Waals surface area contributed by atoms with Crippen LogP contribution in [0, 0.1) is 11.3 Å². The topological polar surface area (TPSA) is 80.3 Å². The van der Waals surface area contributed by atoms with Crippen LogP contribution in [0.25, 0.3) is 0 Å². The first-order chi connectivity index (χ1) is 10.2. The van der Waals surface area contributed by atoms with E-state index in [1.54, 1.807) is 19.2 Å². The summed E-state index contributed by atoms with van der Waals surface area (Å²) in [6, 6.07) is 7.88. The summed E-state index contributed by atoms with van der Waals surface area (Å²) in [4.78, 5) is 0. The second-order valence-corrected chi connectivity index (χ2v) is 5.36. The van der Waals surface area contributed by atoms with Gasteiger partial charge >= 0.3 is 0 Å². The number of ether oxygens (including phenoxy) is 2. The van der Waals surface area contributed by atoms with E-state index in [9.17, 15) is 0 Å². The van der Waals surface area contributed by atoms with Crippen LogP contribution in [-0.4, -0.2) is 32.4 Å². The largest absolute Gasteiger partial charge is 0.497 e. The van der Waals surface area contributed by atoms with E-state index in [1.807, 2.05) is 6.07 Å². The highest BCUT2D eigenvalue weighted by molar-refractivity contribution is 5.60. The van der Waals surface area contributed by atoms with Crippen LogP contribution in [0.3, 0.4) is 0 Å². The van der Waals surface area contributed by atoms with Gasteiger partial charge in [-0.15, -0.1) is 0 Å². The van der Waals surface area contributed by atoms with Gasteiger partial charge in [-0.2, -0.15) is 5.26 Å². The molecule has 0 aromatic heterocycles. The predicted octanol–water partition coefficient (Wildman–Crippen LogP) is 2.27. The van der Waals surface area contributed by atoms with Gasteiger partial charge in [-0.25, -0.2) is 0 Å². The van der Waals surface area contributed by atoms with Crippen LogP contribution >= 0.6 is 0 Å². The number of anilines is 1. The predicted molar refractivity (Wildman–Crippen MR) is 82.4 cm³/mol. The summed E-state index contributed by atoms with van der Waals surface area (Å²) in [5, 5.41) is 12.3. The van der Waals surface area contributed by atoms with Crippen molar-refractivity contribution < 1.29 is 9.47 Å². The Balaban J connectivity index is 1.77. The molecule has 114 valence electrons. The molecule has 1 aromatic rings. The van der Waals surface area contributed by atoms with Gasteiger partial charge in [0.15, 0.2) is 0 Å². The molecule has 0 aliphatic heterocycles. The Labute approximate surface area is 126 Å². The first-order valence-electron chi connectivity index (χ1n) is 7.42. The Hall–Kier alpha value is -1.77. The van der Waals surface area contributed by atoms with Crippen LogP contribution in [0.5, 0.6) is 5.75 Å². The quantitative estimate of drug-likeness (QED) is 0.785. The monoisotopic (exact) mass is 289 g/mol. The maximum absolute atomic E-state index is 9.09. The molecule has 0 saturated heterocycles. The minimum absolute atomic E-state index is 0.326. The van der Waals surface area contributed by atoms with Crippen molar-refractivity contribution in [2.45, 2.75) is 37.8 Å².